The van der Waals surface area contributed by atoms with Crippen molar-refractivity contribution >= 4 is 23.4 Å². The lowest BCUT2D eigenvalue weighted by molar-refractivity contribution is -0.129. The maximum Gasteiger partial charge on any atom is 0.354 e. The summed E-state index contributed by atoms with van der Waals surface area (Å²) in [6, 6.07) is 0. The largest absolute Gasteiger partial charge is 0.477 e. The van der Waals surface area contributed by atoms with Crippen molar-refractivity contribution in [2.45, 2.75) is 18.6 Å². The Morgan fingerprint density at radius 1 is 1.53 bits per heavy atom. The first-order valence-electron chi connectivity index (χ1n) is 4.62. The summed E-state index contributed by atoms with van der Waals surface area (Å²) in [4.78, 5) is 15.4. The van der Waals surface area contributed by atoms with E-state index < -0.39 is 5.97 Å². The predicted octanol–water partition coefficient (Wildman–Crippen LogP) is 1.23. The molecule has 0 aliphatic heterocycles. The molecule has 6 heteroatoms. The van der Waals surface area contributed by atoms with E-state index in [1.165, 1.54) is 18.9 Å². The lowest BCUT2D eigenvalue weighted by Gasteiger charge is -2.13. The van der Waals surface area contributed by atoms with Crippen molar-refractivity contribution in [1.29, 1.82) is 0 Å². The van der Waals surface area contributed by atoms with Crippen molar-refractivity contribution in [2.75, 3.05) is 26.6 Å². The van der Waals surface area contributed by atoms with Gasteiger partial charge in [-0.05, 0) is 6.42 Å². The molecule has 0 radical (unpaired) electrons. The van der Waals surface area contributed by atoms with Crippen molar-refractivity contribution in [3.8, 4) is 0 Å². The van der Waals surface area contributed by atoms with Crippen LogP contribution < -0.4 is 0 Å². The van der Waals surface area contributed by atoms with Crippen molar-refractivity contribution in [2.24, 2.45) is 5.16 Å². The van der Waals surface area contributed by atoms with Gasteiger partial charge in [0.05, 0.1) is 11.9 Å². The number of carbonyl (C=O) groups is 1. The van der Waals surface area contributed by atoms with Crippen molar-refractivity contribution < 1.29 is 19.5 Å². The average molecular weight is 235 g/mol. The molecule has 0 rings (SSSR count). The highest BCUT2D eigenvalue weighted by Crippen LogP contribution is 2.16. The molecule has 0 aliphatic carbocycles. The van der Waals surface area contributed by atoms with Crippen LogP contribution in [0.5, 0.6) is 0 Å². The summed E-state index contributed by atoms with van der Waals surface area (Å²) in [5, 5.41) is 12.3. The molecule has 88 valence electrons. The van der Waals surface area contributed by atoms with E-state index >= 15 is 0 Å². The molecule has 0 saturated heterocycles. The molecule has 0 aliphatic rings. The topological polar surface area (TPSA) is 68.1 Å². The maximum atomic E-state index is 10.9. The number of carboxylic acid groups (broad SMARTS) is 1. The lowest BCUT2D eigenvalue weighted by Crippen LogP contribution is -2.26. The number of ether oxygens (including phenoxy) is 1. The lowest BCUT2D eigenvalue weighted by atomic mass is 10.2. The number of aliphatic carboxylic acids is 1. The van der Waals surface area contributed by atoms with Crippen molar-refractivity contribution in [3.05, 3.63) is 0 Å². The van der Waals surface area contributed by atoms with Gasteiger partial charge in [-0.3, -0.25) is 0 Å². The first kappa shape index (κ1) is 14.2. The molecule has 15 heavy (non-hydrogen) atoms. The number of hydrogen-bond acceptors (Lipinski definition) is 5. The van der Waals surface area contributed by atoms with Crippen LogP contribution in [0.2, 0.25) is 0 Å². The summed E-state index contributed by atoms with van der Waals surface area (Å²) < 4.78 is 4.90. The van der Waals surface area contributed by atoms with Crippen molar-refractivity contribution in [3.63, 3.8) is 0 Å². The van der Waals surface area contributed by atoms with Crippen LogP contribution in [0.1, 0.15) is 13.3 Å². The molecule has 0 heterocycles. The molecule has 0 fully saturated rings. The molecule has 1 unspecified atom stereocenters. The van der Waals surface area contributed by atoms with Crippen LogP contribution in [0.3, 0.4) is 0 Å². The first-order valence-corrected chi connectivity index (χ1v) is 5.67. The van der Waals surface area contributed by atoms with Gasteiger partial charge in [-0.25, -0.2) is 4.79 Å². The second-order valence-corrected chi connectivity index (χ2v) is 4.04. The highest BCUT2D eigenvalue weighted by molar-refractivity contribution is 8.00. The fraction of sp³-hybridized carbons (Fsp3) is 0.778. The third kappa shape index (κ3) is 5.64. The normalized spacial score (nSPS) is 13.7. The van der Waals surface area contributed by atoms with Gasteiger partial charge < -0.3 is 14.7 Å². The van der Waals surface area contributed by atoms with E-state index in [1.54, 1.807) is 7.11 Å². The Morgan fingerprint density at radius 2 is 2.20 bits per heavy atom. The SMILES string of the molecule is CCC(SCCOC)C(=NOC)C(=O)O. The van der Waals surface area contributed by atoms with Gasteiger partial charge in [0.15, 0.2) is 5.71 Å². The standard InChI is InChI=1S/C9H17NO4S/c1-4-7(15-6-5-13-2)8(9(11)12)10-14-3/h7H,4-6H2,1-3H3,(H,11,12). The Balaban J connectivity index is 4.33. The quantitative estimate of drug-likeness (QED) is 0.389. The molecule has 0 aromatic rings. The fourth-order valence-corrected chi connectivity index (χ4v) is 2.08. The van der Waals surface area contributed by atoms with Gasteiger partial charge in [0.25, 0.3) is 0 Å². The van der Waals surface area contributed by atoms with Gasteiger partial charge in [-0.2, -0.15) is 0 Å². The molecule has 0 aromatic carbocycles. The molecule has 0 spiro atoms. The smallest absolute Gasteiger partial charge is 0.354 e. The van der Waals surface area contributed by atoms with Gasteiger partial charge in [0, 0.05) is 12.9 Å². The highest BCUT2D eigenvalue weighted by atomic mass is 32.2. The number of hydrogen-bond donors (Lipinski definition) is 1. The van der Waals surface area contributed by atoms with E-state index in [0.29, 0.717) is 13.0 Å². The van der Waals surface area contributed by atoms with E-state index in [0.717, 1.165) is 5.75 Å². The summed E-state index contributed by atoms with van der Waals surface area (Å²) in [7, 11) is 2.96. The van der Waals surface area contributed by atoms with Crippen LogP contribution in [-0.4, -0.2) is 48.6 Å². The Hall–Kier alpha value is -0.750. The number of methoxy groups -OCH3 is 1. The van der Waals surface area contributed by atoms with Gasteiger partial charge in [-0.15, -0.1) is 11.8 Å². The fourth-order valence-electron chi connectivity index (χ4n) is 0.998. The summed E-state index contributed by atoms with van der Waals surface area (Å²) in [6.07, 6.45) is 0.697. The minimum absolute atomic E-state index is 0.0566. The van der Waals surface area contributed by atoms with Gasteiger partial charge in [-0.1, -0.05) is 12.1 Å². The minimum atomic E-state index is -1.03. The average Bonchev–Trinajstić information content (AvgIpc) is 2.22. The zero-order chi connectivity index (χ0) is 11.7. The van der Waals surface area contributed by atoms with E-state index in [2.05, 4.69) is 9.99 Å². The summed E-state index contributed by atoms with van der Waals surface area (Å²) in [5.74, 6) is -0.293. The Kier molecular flexibility index (Phi) is 8.12. The monoisotopic (exact) mass is 235 g/mol. The second-order valence-electron chi connectivity index (χ2n) is 2.72. The van der Waals surface area contributed by atoms with Crippen LogP contribution in [0, 0.1) is 0 Å². The number of oxime groups is 1. The zero-order valence-electron chi connectivity index (χ0n) is 9.23. The second kappa shape index (κ2) is 8.55. The molecular formula is C9H17NO4S. The summed E-state index contributed by atoms with van der Waals surface area (Å²) >= 11 is 1.51. The first-order chi connectivity index (χ1) is 7.17. The Bertz CT molecular complexity index is 220. The zero-order valence-corrected chi connectivity index (χ0v) is 10.0. The molecule has 1 atom stereocenters. The van der Waals surface area contributed by atoms with Crippen LogP contribution in [0.25, 0.3) is 0 Å². The summed E-state index contributed by atoms with van der Waals surface area (Å²) in [5.41, 5.74) is 0.0566. The summed E-state index contributed by atoms with van der Waals surface area (Å²) in [6.45, 7) is 2.51. The van der Waals surface area contributed by atoms with E-state index in [-0.39, 0.29) is 11.0 Å². The molecule has 0 aromatic heterocycles. The molecule has 0 amide bonds. The van der Waals surface area contributed by atoms with E-state index in [9.17, 15) is 4.79 Å². The predicted molar refractivity (Wildman–Crippen MR) is 60.5 cm³/mol. The third-order valence-corrected chi connectivity index (χ3v) is 3.05. The third-order valence-electron chi connectivity index (χ3n) is 1.69. The number of nitrogens with zero attached hydrogens (tertiary/aromatic N) is 1. The molecular weight excluding hydrogens is 218 g/mol. The van der Waals surface area contributed by atoms with Crippen LogP contribution in [0.4, 0.5) is 0 Å². The number of thioether (sulfide) groups is 1. The highest BCUT2D eigenvalue weighted by Gasteiger charge is 2.22. The number of rotatable bonds is 8. The van der Waals surface area contributed by atoms with Crippen LogP contribution in [0.15, 0.2) is 5.16 Å². The molecule has 0 saturated carbocycles. The van der Waals surface area contributed by atoms with E-state index in [1.807, 2.05) is 6.92 Å². The maximum absolute atomic E-state index is 10.9. The van der Waals surface area contributed by atoms with Gasteiger partial charge in [0.2, 0.25) is 0 Å². The number of carboxylic acids is 1. The van der Waals surface area contributed by atoms with Crippen molar-refractivity contribution in [1.82, 2.24) is 0 Å². The Morgan fingerprint density at radius 3 is 2.60 bits per heavy atom. The van der Waals surface area contributed by atoms with E-state index in [4.69, 9.17) is 9.84 Å². The van der Waals surface area contributed by atoms with Crippen LogP contribution >= 0.6 is 11.8 Å². The molecule has 0 bridgehead atoms. The van der Waals surface area contributed by atoms with Gasteiger partial charge in [0.1, 0.15) is 7.11 Å². The Labute approximate surface area is 93.8 Å². The molecule has 5 nitrogen and oxygen atoms in total. The minimum Gasteiger partial charge on any atom is -0.477 e. The molecule has 1 N–H and O–H groups in total. The van der Waals surface area contributed by atoms with Crippen LogP contribution in [-0.2, 0) is 14.4 Å². The van der Waals surface area contributed by atoms with Gasteiger partial charge >= 0.3 is 5.97 Å².